The van der Waals surface area contributed by atoms with Gasteiger partial charge in [0.1, 0.15) is 5.82 Å². The first-order valence-corrected chi connectivity index (χ1v) is 5.01. The van der Waals surface area contributed by atoms with Crippen molar-refractivity contribution in [2.45, 2.75) is 19.3 Å². The van der Waals surface area contributed by atoms with Crippen molar-refractivity contribution in [3.8, 4) is 0 Å². The minimum absolute atomic E-state index is 0.350. The molecule has 1 nitrogen and oxygen atoms in total. The topological polar surface area (TPSA) is 3.24 Å². The molecule has 1 aromatic rings. The highest BCUT2D eigenvalue weighted by molar-refractivity contribution is 5.55. The van der Waals surface area contributed by atoms with E-state index in [1.165, 1.54) is 6.07 Å². The van der Waals surface area contributed by atoms with Gasteiger partial charge in [-0.1, -0.05) is 6.07 Å². The molecule has 4 heteroatoms. The lowest BCUT2D eigenvalue weighted by atomic mass is 10.1. The van der Waals surface area contributed by atoms with Gasteiger partial charge in [0.2, 0.25) is 0 Å². The van der Waals surface area contributed by atoms with Crippen LogP contribution in [0.25, 0.3) is 0 Å². The second-order valence-corrected chi connectivity index (χ2v) is 3.67. The van der Waals surface area contributed by atoms with E-state index in [1.807, 2.05) is 4.90 Å². The molecule has 0 atom stereocenters. The van der Waals surface area contributed by atoms with E-state index in [1.54, 1.807) is 6.07 Å². The number of hydrogen-bond donors (Lipinski definition) is 0. The van der Waals surface area contributed by atoms with Crippen molar-refractivity contribution in [2.24, 2.45) is 0 Å². The third kappa shape index (κ3) is 1.94. The molecule has 0 spiro atoms. The molecule has 1 fully saturated rings. The van der Waals surface area contributed by atoms with E-state index in [0.717, 1.165) is 32.0 Å². The normalized spacial score (nSPS) is 16.4. The fraction of sp³-hybridized carbons (Fsp3) is 0.455. The van der Waals surface area contributed by atoms with E-state index in [9.17, 15) is 13.2 Å². The van der Waals surface area contributed by atoms with Crippen LogP contribution in [0.1, 0.15) is 24.8 Å². The van der Waals surface area contributed by atoms with Gasteiger partial charge in [0.15, 0.2) is 0 Å². The van der Waals surface area contributed by atoms with Gasteiger partial charge in [-0.05, 0) is 25.0 Å². The Bertz CT molecular complexity index is 346. The summed E-state index contributed by atoms with van der Waals surface area (Å²) >= 11 is 0. The van der Waals surface area contributed by atoms with Crippen LogP contribution in [0, 0.1) is 5.82 Å². The lowest BCUT2D eigenvalue weighted by Crippen LogP contribution is -2.19. The minimum atomic E-state index is -2.75. The largest absolute Gasteiger partial charge is 0.371 e. The summed E-state index contributed by atoms with van der Waals surface area (Å²) in [6.07, 6.45) is -0.778. The molecule has 0 aromatic heterocycles. The highest BCUT2D eigenvalue weighted by Gasteiger charge is 2.23. The predicted octanol–water partition coefficient (Wildman–Crippen LogP) is 3.36. The van der Waals surface area contributed by atoms with Crippen LogP contribution in [0.4, 0.5) is 18.9 Å². The smallest absolute Gasteiger partial charge is 0.268 e. The molecular weight excluding hydrogens is 203 g/mol. The fourth-order valence-electron chi connectivity index (χ4n) is 1.98. The molecule has 0 bridgehead atoms. The van der Waals surface area contributed by atoms with E-state index in [4.69, 9.17) is 0 Å². The van der Waals surface area contributed by atoms with Crippen molar-refractivity contribution >= 4 is 5.69 Å². The third-order valence-corrected chi connectivity index (χ3v) is 2.69. The van der Waals surface area contributed by atoms with Crippen LogP contribution >= 0.6 is 0 Å². The Kier molecular flexibility index (Phi) is 2.84. The van der Waals surface area contributed by atoms with E-state index in [0.29, 0.717) is 5.69 Å². The Labute approximate surface area is 86.5 Å². The first-order chi connectivity index (χ1) is 7.20. The molecule has 0 aliphatic carbocycles. The van der Waals surface area contributed by atoms with E-state index < -0.39 is 17.8 Å². The monoisotopic (exact) mass is 215 g/mol. The average Bonchev–Trinajstić information content (AvgIpc) is 2.69. The maximum Gasteiger partial charge on any atom is 0.268 e. The predicted molar refractivity (Wildman–Crippen MR) is 52.8 cm³/mol. The van der Waals surface area contributed by atoms with Crippen molar-refractivity contribution in [1.29, 1.82) is 0 Å². The molecule has 82 valence electrons. The zero-order chi connectivity index (χ0) is 10.8. The van der Waals surface area contributed by atoms with E-state index in [-0.39, 0.29) is 0 Å². The summed E-state index contributed by atoms with van der Waals surface area (Å²) in [4.78, 5) is 1.82. The Morgan fingerprint density at radius 3 is 2.40 bits per heavy atom. The maximum absolute atomic E-state index is 13.2. The van der Waals surface area contributed by atoms with Crippen molar-refractivity contribution in [2.75, 3.05) is 18.0 Å². The number of anilines is 1. The van der Waals surface area contributed by atoms with Crippen LogP contribution < -0.4 is 4.90 Å². The van der Waals surface area contributed by atoms with Crippen LogP contribution in [0.2, 0.25) is 0 Å². The van der Waals surface area contributed by atoms with Crippen molar-refractivity contribution in [1.82, 2.24) is 0 Å². The zero-order valence-electron chi connectivity index (χ0n) is 8.22. The minimum Gasteiger partial charge on any atom is -0.371 e. The summed E-state index contributed by atoms with van der Waals surface area (Å²) in [5.74, 6) is -0.811. The number of hydrogen-bond acceptors (Lipinski definition) is 1. The molecule has 15 heavy (non-hydrogen) atoms. The van der Waals surface area contributed by atoms with Gasteiger partial charge in [-0.15, -0.1) is 0 Å². The average molecular weight is 215 g/mol. The Morgan fingerprint density at radius 1 is 1.13 bits per heavy atom. The van der Waals surface area contributed by atoms with Crippen molar-refractivity contribution in [3.63, 3.8) is 0 Å². The number of alkyl halides is 2. The number of benzene rings is 1. The summed E-state index contributed by atoms with van der Waals surface area (Å²) in [6.45, 7) is 1.48. The number of nitrogens with zero attached hydrogens (tertiary/aromatic N) is 1. The van der Waals surface area contributed by atoms with Gasteiger partial charge in [-0.2, -0.15) is 0 Å². The molecule has 1 aliphatic rings. The van der Waals surface area contributed by atoms with Crippen molar-refractivity contribution < 1.29 is 13.2 Å². The molecule has 1 aromatic carbocycles. The summed E-state index contributed by atoms with van der Waals surface area (Å²) in [6, 6.07) is 4.13. The Hall–Kier alpha value is -1.19. The van der Waals surface area contributed by atoms with Gasteiger partial charge in [0, 0.05) is 18.8 Å². The second-order valence-electron chi connectivity index (χ2n) is 3.67. The third-order valence-electron chi connectivity index (χ3n) is 2.69. The molecule has 1 saturated heterocycles. The SMILES string of the molecule is Fc1cccc(N2CCCC2)c1C(F)F. The van der Waals surface area contributed by atoms with Crippen LogP contribution in [0.5, 0.6) is 0 Å². The molecule has 2 rings (SSSR count). The summed E-state index contributed by atoms with van der Waals surface area (Å²) < 4.78 is 38.6. The van der Waals surface area contributed by atoms with Gasteiger partial charge < -0.3 is 4.90 Å². The van der Waals surface area contributed by atoms with Crippen LogP contribution in [-0.4, -0.2) is 13.1 Å². The summed E-state index contributed by atoms with van der Waals surface area (Å²) in [5.41, 5.74) is -0.109. The highest BCUT2D eigenvalue weighted by atomic mass is 19.3. The quantitative estimate of drug-likeness (QED) is 0.731. The fourth-order valence-corrected chi connectivity index (χ4v) is 1.98. The van der Waals surface area contributed by atoms with Gasteiger partial charge >= 0.3 is 0 Å². The summed E-state index contributed by atoms with van der Waals surface area (Å²) in [5, 5.41) is 0. The molecule has 1 aliphatic heterocycles. The Balaban J connectivity index is 2.40. The number of rotatable bonds is 2. The lowest BCUT2D eigenvalue weighted by Gasteiger charge is -2.21. The molecule has 1 heterocycles. The molecule has 0 N–H and O–H groups in total. The van der Waals surface area contributed by atoms with Crippen LogP contribution in [0.15, 0.2) is 18.2 Å². The second kappa shape index (κ2) is 4.13. The lowest BCUT2D eigenvalue weighted by molar-refractivity contribution is 0.147. The van der Waals surface area contributed by atoms with Gasteiger partial charge in [-0.3, -0.25) is 0 Å². The zero-order valence-corrected chi connectivity index (χ0v) is 8.22. The maximum atomic E-state index is 13.2. The highest BCUT2D eigenvalue weighted by Crippen LogP contribution is 2.33. The molecule has 0 radical (unpaired) electrons. The first kappa shape index (κ1) is 10.3. The molecular formula is C11H12F3N. The summed E-state index contributed by atoms with van der Waals surface area (Å²) in [7, 11) is 0. The van der Waals surface area contributed by atoms with Gasteiger partial charge in [0.25, 0.3) is 6.43 Å². The first-order valence-electron chi connectivity index (χ1n) is 5.01. The van der Waals surface area contributed by atoms with Crippen LogP contribution in [0.3, 0.4) is 0 Å². The van der Waals surface area contributed by atoms with Gasteiger partial charge in [0.05, 0.1) is 5.56 Å². The Morgan fingerprint density at radius 2 is 1.80 bits per heavy atom. The van der Waals surface area contributed by atoms with Gasteiger partial charge in [-0.25, -0.2) is 13.2 Å². The van der Waals surface area contributed by atoms with E-state index in [2.05, 4.69) is 0 Å². The number of halogens is 3. The molecule has 0 saturated carbocycles. The standard InChI is InChI=1S/C11H12F3N/c12-8-4-3-5-9(10(8)11(13)14)15-6-1-2-7-15/h3-5,11H,1-2,6-7H2. The molecule has 0 unspecified atom stereocenters. The molecule has 0 amide bonds. The van der Waals surface area contributed by atoms with E-state index >= 15 is 0 Å². The van der Waals surface area contributed by atoms with Crippen LogP contribution in [-0.2, 0) is 0 Å². The van der Waals surface area contributed by atoms with Crippen molar-refractivity contribution in [3.05, 3.63) is 29.6 Å².